The molecule has 0 amide bonds. The second-order valence-corrected chi connectivity index (χ2v) is 5.26. The summed E-state index contributed by atoms with van der Waals surface area (Å²) in [6.07, 6.45) is 2.39. The Labute approximate surface area is 95.2 Å². The summed E-state index contributed by atoms with van der Waals surface area (Å²) in [6, 6.07) is 8.13. The maximum Gasteiger partial charge on any atom is 0.0406 e. The lowest BCUT2D eigenvalue weighted by Gasteiger charge is -2.10. The summed E-state index contributed by atoms with van der Waals surface area (Å²) in [5.74, 6) is 1.50. The zero-order valence-electron chi connectivity index (χ0n) is 8.26. The van der Waals surface area contributed by atoms with Crippen molar-refractivity contribution in [1.29, 1.82) is 0 Å². The zero-order chi connectivity index (χ0) is 10.2. The Hall–Kier alpha value is -0.200. The highest BCUT2D eigenvalue weighted by atomic mass is 35.5. The highest BCUT2D eigenvalue weighted by Crippen LogP contribution is 2.54. The van der Waals surface area contributed by atoms with Crippen molar-refractivity contribution in [3.05, 3.63) is 34.9 Å². The van der Waals surface area contributed by atoms with Gasteiger partial charge in [-0.1, -0.05) is 30.7 Å². The van der Waals surface area contributed by atoms with Crippen LogP contribution in [0.2, 0.25) is 5.02 Å². The normalized spacial score (nSPS) is 30.4. The molecule has 1 aliphatic carbocycles. The Morgan fingerprint density at radius 2 is 2.00 bits per heavy atom. The van der Waals surface area contributed by atoms with Crippen LogP contribution < -0.4 is 0 Å². The first-order valence-electron chi connectivity index (χ1n) is 4.94. The predicted octanol–water partition coefficient (Wildman–Crippen LogP) is 4.15. The van der Waals surface area contributed by atoms with Gasteiger partial charge in [-0.05, 0) is 41.9 Å². The van der Waals surface area contributed by atoms with Crippen LogP contribution in [-0.2, 0) is 6.42 Å². The molecule has 0 aromatic heterocycles. The molecule has 2 heteroatoms. The van der Waals surface area contributed by atoms with Crippen LogP contribution in [0.3, 0.4) is 0 Å². The van der Waals surface area contributed by atoms with E-state index < -0.39 is 0 Å². The fraction of sp³-hybridized carbons (Fsp3) is 0.500. The molecular formula is C12H14Cl2. The standard InChI is InChI=1S/C12H14Cl2/c1-12(7-10(12)8-13)6-9-2-4-11(14)5-3-9/h2-5,10H,6-8H2,1H3. The molecule has 1 fully saturated rings. The summed E-state index contributed by atoms with van der Waals surface area (Å²) < 4.78 is 0. The van der Waals surface area contributed by atoms with Crippen molar-refractivity contribution in [2.45, 2.75) is 19.8 Å². The molecule has 0 heterocycles. The van der Waals surface area contributed by atoms with E-state index in [9.17, 15) is 0 Å². The van der Waals surface area contributed by atoms with E-state index in [4.69, 9.17) is 23.2 Å². The van der Waals surface area contributed by atoms with Gasteiger partial charge in [-0.15, -0.1) is 11.6 Å². The fourth-order valence-electron chi connectivity index (χ4n) is 2.03. The second-order valence-electron chi connectivity index (χ2n) is 4.51. The number of benzene rings is 1. The first kappa shape index (κ1) is 10.3. The predicted molar refractivity (Wildman–Crippen MR) is 62.1 cm³/mol. The van der Waals surface area contributed by atoms with Gasteiger partial charge in [0.05, 0.1) is 0 Å². The summed E-state index contributed by atoms with van der Waals surface area (Å²) >= 11 is 11.7. The van der Waals surface area contributed by atoms with E-state index in [1.807, 2.05) is 12.1 Å². The third-order valence-electron chi connectivity index (χ3n) is 3.25. The van der Waals surface area contributed by atoms with Crippen LogP contribution in [0.15, 0.2) is 24.3 Å². The third kappa shape index (κ3) is 2.07. The van der Waals surface area contributed by atoms with Gasteiger partial charge in [-0.2, -0.15) is 0 Å². The second kappa shape index (κ2) is 3.75. The van der Waals surface area contributed by atoms with Gasteiger partial charge in [0.25, 0.3) is 0 Å². The van der Waals surface area contributed by atoms with Gasteiger partial charge >= 0.3 is 0 Å². The van der Waals surface area contributed by atoms with Gasteiger partial charge in [0.1, 0.15) is 0 Å². The first-order valence-corrected chi connectivity index (χ1v) is 5.86. The maximum atomic E-state index is 5.85. The molecule has 0 spiro atoms. The van der Waals surface area contributed by atoms with E-state index >= 15 is 0 Å². The van der Waals surface area contributed by atoms with Gasteiger partial charge in [0.2, 0.25) is 0 Å². The van der Waals surface area contributed by atoms with Gasteiger partial charge < -0.3 is 0 Å². The van der Waals surface area contributed by atoms with Crippen LogP contribution in [-0.4, -0.2) is 5.88 Å². The average Bonchev–Trinajstić information content (AvgIpc) is 2.81. The molecule has 0 N–H and O–H groups in total. The Balaban J connectivity index is 2.02. The van der Waals surface area contributed by atoms with Crippen molar-refractivity contribution in [3.8, 4) is 0 Å². The van der Waals surface area contributed by atoms with Crippen molar-refractivity contribution < 1.29 is 0 Å². The number of hydrogen-bond donors (Lipinski definition) is 0. The smallest absolute Gasteiger partial charge is 0.0406 e. The summed E-state index contributed by atoms with van der Waals surface area (Å²) in [5, 5.41) is 0.809. The molecule has 0 radical (unpaired) electrons. The van der Waals surface area contributed by atoms with Crippen LogP contribution >= 0.6 is 23.2 Å². The van der Waals surface area contributed by atoms with E-state index in [2.05, 4.69) is 19.1 Å². The SMILES string of the molecule is CC1(Cc2ccc(Cl)cc2)CC1CCl. The maximum absolute atomic E-state index is 5.85. The van der Waals surface area contributed by atoms with E-state index in [0.29, 0.717) is 11.3 Å². The van der Waals surface area contributed by atoms with Crippen LogP contribution in [0.25, 0.3) is 0 Å². The molecule has 1 aliphatic rings. The van der Waals surface area contributed by atoms with Crippen LogP contribution in [0.1, 0.15) is 18.9 Å². The highest BCUT2D eigenvalue weighted by molar-refractivity contribution is 6.30. The van der Waals surface area contributed by atoms with Crippen molar-refractivity contribution >= 4 is 23.2 Å². The van der Waals surface area contributed by atoms with Gasteiger partial charge in [0, 0.05) is 10.9 Å². The van der Waals surface area contributed by atoms with E-state index in [1.165, 1.54) is 12.0 Å². The van der Waals surface area contributed by atoms with Crippen molar-refractivity contribution in [3.63, 3.8) is 0 Å². The summed E-state index contributed by atoms with van der Waals surface area (Å²) in [7, 11) is 0. The highest BCUT2D eigenvalue weighted by Gasteiger charge is 2.48. The van der Waals surface area contributed by atoms with Gasteiger partial charge in [0.15, 0.2) is 0 Å². The zero-order valence-corrected chi connectivity index (χ0v) is 9.78. The summed E-state index contributed by atoms with van der Waals surface area (Å²) in [4.78, 5) is 0. The number of hydrogen-bond acceptors (Lipinski definition) is 0. The molecule has 2 unspecified atom stereocenters. The lowest BCUT2D eigenvalue weighted by molar-refractivity contribution is 0.520. The number of halogens is 2. The van der Waals surface area contributed by atoms with E-state index in [0.717, 1.165) is 17.3 Å². The minimum absolute atomic E-state index is 0.440. The Morgan fingerprint density at radius 3 is 2.50 bits per heavy atom. The molecule has 1 aromatic carbocycles. The molecule has 2 rings (SSSR count). The van der Waals surface area contributed by atoms with Crippen LogP contribution in [0.5, 0.6) is 0 Å². The molecule has 2 atom stereocenters. The number of alkyl halides is 1. The van der Waals surface area contributed by atoms with E-state index in [1.54, 1.807) is 0 Å². The molecule has 14 heavy (non-hydrogen) atoms. The van der Waals surface area contributed by atoms with Gasteiger partial charge in [-0.3, -0.25) is 0 Å². The quantitative estimate of drug-likeness (QED) is 0.683. The van der Waals surface area contributed by atoms with Crippen molar-refractivity contribution in [2.75, 3.05) is 5.88 Å². The molecular weight excluding hydrogens is 215 g/mol. The van der Waals surface area contributed by atoms with Gasteiger partial charge in [-0.25, -0.2) is 0 Å². The lowest BCUT2D eigenvalue weighted by atomic mass is 9.96. The van der Waals surface area contributed by atoms with Crippen LogP contribution in [0.4, 0.5) is 0 Å². The first-order chi connectivity index (χ1) is 6.64. The van der Waals surface area contributed by atoms with Crippen molar-refractivity contribution in [1.82, 2.24) is 0 Å². The van der Waals surface area contributed by atoms with Crippen molar-refractivity contribution in [2.24, 2.45) is 11.3 Å². The molecule has 0 saturated heterocycles. The lowest BCUT2D eigenvalue weighted by Crippen LogP contribution is -2.03. The molecule has 1 aromatic rings. The summed E-state index contributed by atoms with van der Waals surface area (Å²) in [6.45, 7) is 2.31. The molecule has 0 aliphatic heterocycles. The minimum Gasteiger partial charge on any atom is -0.126 e. The number of rotatable bonds is 3. The van der Waals surface area contributed by atoms with E-state index in [-0.39, 0.29) is 0 Å². The Kier molecular flexibility index (Phi) is 2.77. The molecule has 76 valence electrons. The largest absolute Gasteiger partial charge is 0.126 e. The average molecular weight is 229 g/mol. The monoisotopic (exact) mass is 228 g/mol. The topological polar surface area (TPSA) is 0 Å². The summed E-state index contributed by atoms with van der Waals surface area (Å²) in [5.41, 5.74) is 1.81. The molecule has 1 saturated carbocycles. The molecule has 0 bridgehead atoms. The minimum atomic E-state index is 0.440. The van der Waals surface area contributed by atoms with Crippen LogP contribution in [0, 0.1) is 11.3 Å². The Morgan fingerprint density at radius 1 is 1.36 bits per heavy atom. The Bertz CT molecular complexity index is 318. The molecule has 0 nitrogen and oxygen atoms in total. The third-order valence-corrected chi connectivity index (χ3v) is 3.87. The fourth-order valence-corrected chi connectivity index (χ4v) is 2.64.